The molecule has 92 valence electrons. The predicted octanol–water partition coefficient (Wildman–Crippen LogP) is 2.29. The van der Waals surface area contributed by atoms with Crippen molar-refractivity contribution in [2.24, 2.45) is 0 Å². The molecule has 2 heterocycles. The zero-order chi connectivity index (χ0) is 12.5. The van der Waals surface area contributed by atoms with Gasteiger partial charge < -0.3 is 4.42 Å². The van der Waals surface area contributed by atoms with Gasteiger partial charge in [0.25, 0.3) is 10.0 Å². The Balaban J connectivity index is 2.11. The molecular weight excluding hydrogens is 328 g/mol. The van der Waals surface area contributed by atoms with E-state index in [0.29, 0.717) is 16.1 Å². The zero-order valence-electron chi connectivity index (χ0n) is 8.81. The molecule has 0 fully saturated rings. The van der Waals surface area contributed by atoms with Gasteiger partial charge >= 0.3 is 0 Å². The van der Waals surface area contributed by atoms with Gasteiger partial charge in [0.05, 0.1) is 12.7 Å². The van der Waals surface area contributed by atoms with Gasteiger partial charge in [0.1, 0.15) is 9.97 Å². The van der Waals surface area contributed by atoms with Crippen LogP contribution >= 0.6 is 27.3 Å². The largest absolute Gasteiger partial charge is 0.445 e. The lowest BCUT2D eigenvalue weighted by Crippen LogP contribution is -2.22. The maximum atomic E-state index is 11.9. The van der Waals surface area contributed by atoms with Crippen LogP contribution in [0.5, 0.6) is 0 Å². The summed E-state index contributed by atoms with van der Waals surface area (Å²) in [4.78, 5) is 3.92. The number of oxazole rings is 1. The molecule has 0 aliphatic heterocycles. The van der Waals surface area contributed by atoms with Crippen molar-refractivity contribution in [3.63, 3.8) is 0 Å². The summed E-state index contributed by atoms with van der Waals surface area (Å²) in [5.41, 5.74) is 0. The minimum absolute atomic E-state index is 0.0422. The van der Waals surface area contributed by atoms with Crippen molar-refractivity contribution >= 4 is 37.3 Å². The number of nitrogens with one attached hydrogen (secondary N) is 1. The van der Waals surface area contributed by atoms with E-state index >= 15 is 0 Å². The molecular formula is C9H9BrN2O3S2. The highest BCUT2D eigenvalue weighted by Gasteiger charge is 2.19. The molecule has 5 nitrogen and oxygen atoms in total. The molecule has 8 heteroatoms. The van der Waals surface area contributed by atoms with Crippen LogP contribution in [0.3, 0.4) is 0 Å². The Labute approximate surface area is 111 Å². The number of rotatable bonds is 4. The molecule has 0 spiro atoms. The van der Waals surface area contributed by atoms with Gasteiger partial charge in [-0.05, 0) is 34.3 Å². The Kier molecular flexibility index (Phi) is 3.67. The first-order chi connectivity index (χ1) is 7.99. The van der Waals surface area contributed by atoms with Gasteiger partial charge in [0.15, 0.2) is 0 Å². The monoisotopic (exact) mass is 336 g/mol. The van der Waals surface area contributed by atoms with Gasteiger partial charge in [0.2, 0.25) is 5.89 Å². The van der Waals surface area contributed by atoms with Crippen LogP contribution in [0, 0.1) is 6.92 Å². The van der Waals surface area contributed by atoms with Crippen molar-refractivity contribution in [3.8, 4) is 0 Å². The summed E-state index contributed by atoms with van der Waals surface area (Å²) < 4.78 is 32.2. The first-order valence-corrected chi connectivity index (χ1v) is 7.78. The van der Waals surface area contributed by atoms with E-state index in [1.807, 2.05) is 0 Å². The maximum absolute atomic E-state index is 11.9. The van der Waals surface area contributed by atoms with Crippen LogP contribution < -0.4 is 4.72 Å². The van der Waals surface area contributed by atoms with Crippen LogP contribution in [-0.4, -0.2) is 13.4 Å². The summed E-state index contributed by atoms with van der Waals surface area (Å²) in [6.45, 7) is 1.79. The smallest absolute Gasteiger partial charge is 0.251 e. The van der Waals surface area contributed by atoms with Crippen molar-refractivity contribution in [1.82, 2.24) is 9.71 Å². The zero-order valence-corrected chi connectivity index (χ0v) is 12.0. The molecule has 17 heavy (non-hydrogen) atoms. The molecule has 0 aromatic carbocycles. The van der Waals surface area contributed by atoms with Crippen LogP contribution in [0.15, 0.2) is 30.7 Å². The molecule has 2 aromatic heterocycles. The minimum Gasteiger partial charge on any atom is -0.445 e. The third-order valence-corrected chi connectivity index (χ3v) is 5.98. The molecule has 1 N–H and O–H groups in total. The van der Waals surface area contributed by atoms with Crippen molar-refractivity contribution < 1.29 is 12.8 Å². The molecule has 0 saturated heterocycles. The van der Waals surface area contributed by atoms with E-state index in [1.54, 1.807) is 24.6 Å². The Bertz CT molecular complexity index is 618. The fraction of sp³-hybridized carbons (Fsp3) is 0.222. The second kappa shape index (κ2) is 4.89. The fourth-order valence-corrected chi connectivity index (χ4v) is 4.53. The van der Waals surface area contributed by atoms with Gasteiger partial charge in [-0.25, -0.2) is 18.1 Å². The number of hydrogen-bond donors (Lipinski definition) is 1. The van der Waals surface area contributed by atoms with E-state index in [9.17, 15) is 8.42 Å². The summed E-state index contributed by atoms with van der Waals surface area (Å²) in [6.07, 6.45) is 1.55. The van der Waals surface area contributed by atoms with Crippen molar-refractivity contribution in [2.45, 2.75) is 17.7 Å². The fourth-order valence-electron chi connectivity index (χ4n) is 1.18. The van der Waals surface area contributed by atoms with Crippen LogP contribution in [0.2, 0.25) is 0 Å². The Hall–Kier alpha value is -0.700. The number of aromatic nitrogens is 1. The summed E-state index contributed by atoms with van der Waals surface area (Å²) in [5, 5.41) is 1.70. The van der Waals surface area contributed by atoms with Crippen molar-refractivity contribution in [3.05, 3.63) is 33.8 Å². The third-order valence-electron chi connectivity index (χ3n) is 1.91. The lowest BCUT2D eigenvalue weighted by molar-refractivity contribution is 0.463. The topological polar surface area (TPSA) is 72.2 Å². The Morgan fingerprint density at radius 3 is 2.88 bits per heavy atom. The average molecular weight is 337 g/mol. The molecule has 0 bridgehead atoms. The molecule has 2 aromatic rings. The van der Waals surface area contributed by atoms with Crippen LogP contribution in [0.4, 0.5) is 0 Å². The first-order valence-electron chi connectivity index (χ1n) is 4.63. The van der Waals surface area contributed by atoms with Crippen LogP contribution in [0.1, 0.15) is 11.7 Å². The standard InChI is InChI=1S/C9H9BrN2O3S2/c1-6-4-11-8(15-6)5-12-17(13,14)9-7(10)2-3-16-9/h2-4,12H,5H2,1H3. The molecule has 0 aliphatic carbocycles. The molecule has 0 atom stereocenters. The van der Waals surface area contributed by atoms with E-state index in [-0.39, 0.29) is 10.8 Å². The molecule has 0 radical (unpaired) electrons. The maximum Gasteiger partial charge on any atom is 0.251 e. The number of aryl methyl sites for hydroxylation is 1. The van der Waals surface area contributed by atoms with Crippen LogP contribution in [0.25, 0.3) is 0 Å². The highest BCUT2D eigenvalue weighted by molar-refractivity contribution is 9.10. The van der Waals surface area contributed by atoms with Crippen LogP contribution in [-0.2, 0) is 16.6 Å². The number of hydrogen-bond acceptors (Lipinski definition) is 5. The Morgan fingerprint density at radius 1 is 1.59 bits per heavy atom. The first kappa shape index (κ1) is 12.7. The molecule has 2 rings (SSSR count). The highest BCUT2D eigenvalue weighted by atomic mass is 79.9. The normalized spacial score (nSPS) is 11.9. The Morgan fingerprint density at radius 2 is 2.35 bits per heavy atom. The number of halogens is 1. The van der Waals surface area contributed by atoms with Gasteiger partial charge in [-0.15, -0.1) is 11.3 Å². The van der Waals surface area contributed by atoms with E-state index in [0.717, 1.165) is 11.3 Å². The lowest BCUT2D eigenvalue weighted by Gasteiger charge is -2.02. The van der Waals surface area contributed by atoms with E-state index in [4.69, 9.17) is 4.42 Å². The molecule has 0 saturated carbocycles. The number of thiophene rings is 1. The lowest BCUT2D eigenvalue weighted by atomic mass is 10.6. The minimum atomic E-state index is -3.51. The molecule has 0 amide bonds. The molecule has 0 aliphatic rings. The summed E-state index contributed by atoms with van der Waals surface area (Å²) >= 11 is 4.33. The van der Waals surface area contributed by atoms with Gasteiger partial charge in [-0.1, -0.05) is 0 Å². The quantitative estimate of drug-likeness (QED) is 0.929. The number of sulfonamides is 1. The summed E-state index contributed by atoms with van der Waals surface area (Å²) in [7, 11) is -3.51. The predicted molar refractivity (Wildman–Crippen MR) is 67.3 cm³/mol. The second-order valence-electron chi connectivity index (χ2n) is 3.25. The van der Waals surface area contributed by atoms with Gasteiger partial charge in [-0.2, -0.15) is 0 Å². The summed E-state index contributed by atoms with van der Waals surface area (Å²) in [5.74, 6) is 0.996. The van der Waals surface area contributed by atoms with Crippen molar-refractivity contribution in [2.75, 3.05) is 0 Å². The highest BCUT2D eigenvalue weighted by Crippen LogP contribution is 2.27. The van der Waals surface area contributed by atoms with Gasteiger partial charge in [-0.3, -0.25) is 0 Å². The SMILES string of the molecule is Cc1cnc(CNS(=O)(=O)c2sccc2Br)o1. The average Bonchev–Trinajstić information content (AvgIpc) is 2.85. The second-order valence-corrected chi connectivity index (χ2v) is 6.98. The van der Waals surface area contributed by atoms with Crippen molar-refractivity contribution in [1.29, 1.82) is 0 Å². The van der Waals surface area contributed by atoms with E-state index < -0.39 is 10.0 Å². The number of nitrogens with zero attached hydrogens (tertiary/aromatic N) is 1. The van der Waals surface area contributed by atoms with E-state index in [2.05, 4.69) is 25.6 Å². The van der Waals surface area contributed by atoms with E-state index in [1.165, 1.54) is 0 Å². The third kappa shape index (κ3) is 2.95. The van der Waals surface area contributed by atoms with Gasteiger partial charge in [0, 0.05) is 4.47 Å². The molecule has 0 unspecified atom stereocenters. The summed E-state index contributed by atoms with van der Waals surface area (Å²) in [6, 6.07) is 1.69.